The molecule has 0 radical (unpaired) electrons. The third kappa shape index (κ3) is 2.82. The molecule has 2 aromatic heterocycles. The minimum Gasteiger partial charge on any atom is -0.343 e. The molecule has 0 spiro atoms. The molecular weight excluding hydrogens is 302 g/mol. The van der Waals surface area contributed by atoms with Gasteiger partial charge in [-0.05, 0) is 26.0 Å². The average molecular weight is 322 g/mol. The van der Waals surface area contributed by atoms with Gasteiger partial charge in [-0.2, -0.15) is 0 Å². The predicted molar refractivity (Wildman–Crippen MR) is 86.0 cm³/mol. The Hall–Kier alpha value is -1.63. The number of rotatable bonds is 3. The number of nitrogens with zero attached hydrogens (tertiary/aromatic N) is 2. The third-order valence-corrected chi connectivity index (χ3v) is 4.19. The zero-order valence-electron chi connectivity index (χ0n) is 12.7. The number of amides is 1. The number of imidazole rings is 1. The first-order valence-electron chi connectivity index (χ1n) is 7.37. The second-order valence-electron chi connectivity index (χ2n) is 6.02. The SMILES string of the molecule is CC(C)(NC(=O)[C@@H]1CNCCN1)c1ncc2c(Cl)cccn12. The van der Waals surface area contributed by atoms with E-state index in [0.29, 0.717) is 11.6 Å². The van der Waals surface area contributed by atoms with E-state index in [1.54, 1.807) is 6.20 Å². The number of piperazine rings is 1. The molecule has 1 aliphatic heterocycles. The fourth-order valence-electron chi connectivity index (χ4n) is 2.74. The molecule has 3 heterocycles. The highest BCUT2D eigenvalue weighted by Crippen LogP contribution is 2.24. The maximum Gasteiger partial charge on any atom is 0.239 e. The summed E-state index contributed by atoms with van der Waals surface area (Å²) in [6.45, 7) is 6.20. The Morgan fingerprint density at radius 3 is 3.05 bits per heavy atom. The van der Waals surface area contributed by atoms with Gasteiger partial charge in [0.1, 0.15) is 5.82 Å². The van der Waals surface area contributed by atoms with Gasteiger partial charge in [0, 0.05) is 25.8 Å². The summed E-state index contributed by atoms with van der Waals surface area (Å²) in [5.74, 6) is 0.720. The first kappa shape index (κ1) is 15.3. The van der Waals surface area contributed by atoms with Gasteiger partial charge in [0.25, 0.3) is 0 Å². The molecule has 0 saturated carbocycles. The van der Waals surface area contributed by atoms with Crippen LogP contribution in [0.1, 0.15) is 19.7 Å². The van der Waals surface area contributed by atoms with E-state index in [2.05, 4.69) is 20.9 Å². The lowest BCUT2D eigenvalue weighted by Crippen LogP contribution is -2.58. The normalized spacial score (nSPS) is 19.3. The van der Waals surface area contributed by atoms with Gasteiger partial charge < -0.3 is 20.4 Å². The van der Waals surface area contributed by atoms with E-state index in [4.69, 9.17) is 11.6 Å². The summed E-state index contributed by atoms with van der Waals surface area (Å²) in [5, 5.41) is 10.1. The van der Waals surface area contributed by atoms with Crippen LogP contribution in [0, 0.1) is 0 Å². The molecule has 0 aliphatic carbocycles. The predicted octanol–water partition coefficient (Wildman–Crippen LogP) is 0.900. The highest BCUT2D eigenvalue weighted by Gasteiger charge is 2.31. The Bertz CT molecular complexity index is 690. The van der Waals surface area contributed by atoms with Crippen LogP contribution in [-0.2, 0) is 10.3 Å². The quantitative estimate of drug-likeness (QED) is 0.785. The van der Waals surface area contributed by atoms with E-state index in [1.807, 2.05) is 36.6 Å². The lowest BCUT2D eigenvalue weighted by molar-refractivity contribution is -0.125. The maximum atomic E-state index is 12.4. The van der Waals surface area contributed by atoms with Gasteiger partial charge in [-0.15, -0.1) is 0 Å². The van der Waals surface area contributed by atoms with E-state index in [9.17, 15) is 4.79 Å². The van der Waals surface area contributed by atoms with Crippen molar-refractivity contribution in [2.45, 2.75) is 25.4 Å². The molecule has 118 valence electrons. The number of carbonyl (C=O) groups is 1. The third-order valence-electron chi connectivity index (χ3n) is 3.87. The first-order chi connectivity index (χ1) is 10.5. The van der Waals surface area contributed by atoms with Crippen molar-refractivity contribution in [3.8, 4) is 0 Å². The average Bonchev–Trinajstić information content (AvgIpc) is 2.94. The highest BCUT2D eigenvalue weighted by atomic mass is 35.5. The minimum atomic E-state index is -0.604. The Balaban J connectivity index is 1.84. The summed E-state index contributed by atoms with van der Waals surface area (Å²) in [7, 11) is 0. The van der Waals surface area contributed by atoms with Crippen molar-refractivity contribution >= 4 is 23.0 Å². The van der Waals surface area contributed by atoms with Crippen LogP contribution in [0.3, 0.4) is 0 Å². The van der Waals surface area contributed by atoms with Crippen LogP contribution in [0.4, 0.5) is 0 Å². The largest absolute Gasteiger partial charge is 0.343 e. The molecule has 1 fully saturated rings. The molecule has 1 saturated heterocycles. The molecule has 6 nitrogen and oxygen atoms in total. The number of nitrogens with one attached hydrogen (secondary N) is 3. The van der Waals surface area contributed by atoms with Gasteiger partial charge in [0.05, 0.1) is 28.3 Å². The van der Waals surface area contributed by atoms with Crippen LogP contribution in [0.25, 0.3) is 5.52 Å². The highest BCUT2D eigenvalue weighted by molar-refractivity contribution is 6.33. The maximum absolute atomic E-state index is 12.4. The van der Waals surface area contributed by atoms with Crippen molar-refractivity contribution in [2.24, 2.45) is 0 Å². The summed E-state index contributed by atoms with van der Waals surface area (Å²) in [4.78, 5) is 16.9. The zero-order valence-corrected chi connectivity index (χ0v) is 13.4. The molecule has 22 heavy (non-hydrogen) atoms. The van der Waals surface area contributed by atoms with Crippen molar-refractivity contribution in [3.63, 3.8) is 0 Å². The van der Waals surface area contributed by atoms with E-state index in [-0.39, 0.29) is 11.9 Å². The van der Waals surface area contributed by atoms with Crippen molar-refractivity contribution in [2.75, 3.05) is 19.6 Å². The van der Waals surface area contributed by atoms with Crippen molar-refractivity contribution in [1.82, 2.24) is 25.3 Å². The van der Waals surface area contributed by atoms with Gasteiger partial charge in [0.15, 0.2) is 0 Å². The van der Waals surface area contributed by atoms with E-state index in [0.717, 1.165) is 24.4 Å². The number of pyridine rings is 1. The summed E-state index contributed by atoms with van der Waals surface area (Å²) in [6, 6.07) is 3.47. The molecule has 1 aliphatic rings. The molecule has 3 N–H and O–H groups in total. The molecule has 0 bridgehead atoms. The molecule has 3 rings (SSSR count). The van der Waals surface area contributed by atoms with Crippen molar-refractivity contribution in [1.29, 1.82) is 0 Å². The van der Waals surface area contributed by atoms with Crippen LogP contribution < -0.4 is 16.0 Å². The number of carbonyl (C=O) groups excluding carboxylic acids is 1. The lowest BCUT2D eigenvalue weighted by atomic mass is 10.0. The van der Waals surface area contributed by atoms with Crippen LogP contribution in [-0.4, -0.2) is 41.0 Å². The van der Waals surface area contributed by atoms with Crippen LogP contribution >= 0.6 is 11.6 Å². The van der Waals surface area contributed by atoms with Gasteiger partial charge in [-0.25, -0.2) is 4.98 Å². The molecule has 2 aromatic rings. The molecule has 0 aromatic carbocycles. The fraction of sp³-hybridized carbons (Fsp3) is 0.467. The molecular formula is C15H20ClN5O. The van der Waals surface area contributed by atoms with E-state index >= 15 is 0 Å². The second-order valence-corrected chi connectivity index (χ2v) is 6.43. The number of hydrogen-bond acceptors (Lipinski definition) is 4. The summed E-state index contributed by atoms with van der Waals surface area (Å²) in [6.07, 6.45) is 3.63. The van der Waals surface area contributed by atoms with Gasteiger partial charge in [-0.3, -0.25) is 4.79 Å². The molecule has 0 unspecified atom stereocenters. The number of fused-ring (bicyclic) bond motifs is 1. The van der Waals surface area contributed by atoms with Gasteiger partial charge >= 0.3 is 0 Å². The Morgan fingerprint density at radius 2 is 2.32 bits per heavy atom. The summed E-state index contributed by atoms with van der Waals surface area (Å²) in [5.41, 5.74) is 0.229. The van der Waals surface area contributed by atoms with Crippen LogP contribution in [0.15, 0.2) is 24.5 Å². The molecule has 1 atom stereocenters. The minimum absolute atomic E-state index is 0.0315. The Kier molecular flexibility index (Phi) is 4.08. The second kappa shape index (κ2) is 5.87. The lowest BCUT2D eigenvalue weighted by Gasteiger charge is -2.30. The molecule has 7 heteroatoms. The van der Waals surface area contributed by atoms with Crippen LogP contribution in [0.2, 0.25) is 5.02 Å². The summed E-state index contributed by atoms with van der Waals surface area (Å²) >= 11 is 6.18. The number of hydrogen-bond donors (Lipinski definition) is 3. The fourth-order valence-corrected chi connectivity index (χ4v) is 2.95. The topological polar surface area (TPSA) is 70.5 Å². The van der Waals surface area contributed by atoms with Gasteiger partial charge in [0.2, 0.25) is 5.91 Å². The molecule has 1 amide bonds. The Morgan fingerprint density at radius 1 is 1.50 bits per heavy atom. The van der Waals surface area contributed by atoms with E-state index < -0.39 is 5.54 Å². The standard InChI is InChI=1S/C15H20ClN5O/c1-15(2,20-13(22)11-8-17-5-6-18-11)14-19-9-12-10(16)4-3-7-21(12)14/h3-4,7,9,11,17-18H,5-6,8H2,1-2H3,(H,20,22)/t11-/m0/s1. The van der Waals surface area contributed by atoms with Crippen molar-refractivity contribution in [3.05, 3.63) is 35.4 Å². The van der Waals surface area contributed by atoms with Crippen molar-refractivity contribution < 1.29 is 4.79 Å². The first-order valence-corrected chi connectivity index (χ1v) is 7.75. The summed E-state index contributed by atoms with van der Waals surface area (Å²) < 4.78 is 1.91. The number of halogens is 1. The smallest absolute Gasteiger partial charge is 0.239 e. The number of aromatic nitrogens is 2. The monoisotopic (exact) mass is 321 g/mol. The van der Waals surface area contributed by atoms with E-state index in [1.165, 1.54) is 0 Å². The van der Waals surface area contributed by atoms with Crippen LogP contribution in [0.5, 0.6) is 0 Å². The Labute approximate surface area is 134 Å². The van der Waals surface area contributed by atoms with Gasteiger partial charge in [-0.1, -0.05) is 11.6 Å². The zero-order chi connectivity index (χ0) is 15.7.